The van der Waals surface area contributed by atoms with Crippen LogP contribution in [0.15, 0.2) is 18.5 Å². The Morgan fingerprint density at radius 1 is 1.50 bits per heavy atom. The summed E-state index contributed by atoms with van der Waals surface area (Å²) >= 11 is 5.79. The first-order valence-corrected chi connectivity index (χ1v) is 4.51. The van der Waals surface area contributed by atoms with Crippen molar-refractivity contribution in [2.24, 2.45) is 0 Å². The molecule has 2 rings (SSSR count). The van der Waals surface area contributed by atoms with E-state index in [1.165, 1.54) is 12.4 Å². The van der Waals surface area contributed by atoms with E-state index in [1.807, 2.05) is 0 Å². The Labute approximate surface area is 84.7 Å². The molecule has 0 saturated heterocycles. The van der Waals surface area contributed by atoms with E-state index in [4.69, 9.17) is 16.7 Å². The third-order valence-electron chi connectivity index (χ3n) is 2.01. The SMILES string of the molecule is OCCn1cnc2ccc(F)c(Cl)c21. The molecule has 0 aliphatic rings. The van der Waals surface area contributed by atoms with Crippen molar-refractivity contribution in [3.05, 3.63) is 29.3 Å². The van der Waals surface area contributed by atoms with Crippen LogP contribution in [0.4, 0.5) is 4.39 Å². The molecule has 0 amide bonds. The van der Waals surface area contributed by atoms with Gasteiger partial charge in [-0.15, -0.1) is 0 Å². The summed E-state index contributed by atoms with van der Waals surface area (Å²) < 4.78 is 14.7. The van der Waals surface area contributed by atoms with Crippen LogP contribution in [0.25, 0.3) is 11.0 Å². The first-order valence-electron chi connectivity index (χ1n) is 4.13. The monoisotopic (exact) mass is 214 g/mol. The van der Waals surface area contributed by atoms with Crippen molar-refractivity contribution in [1.29, 1.82) is 0 Å². The Balaban J connectivity index is 2.69. The second kappa shape index (κ2) is 3.55. The smallest absolute Gasteiger partial charge is 0.144 e. The maximum Gasteiger partial charge on any atom is 0.144 e. The summed E-state index contributed by atoms with van der Waals surface area (Å²) in [7, 11) is 0. The fraction of sp³-hybridized carbons (Fsp3) is 0.222. The van der Waals surface area contributed by atoms with Gasteiger partial charge in [-0.25, -0.2) is 9.37 Å². The van der Waals surface area contributed by atoms with E-state index in [0.717, 1.165) is 0 Å². The molecule has 14 heavy (non-hydrogen) atoms. The molecule has 0 saturated carbocycles. The predicted molar refractivity (Wildman–Crippen MR) is 51.8 cm³/mol. The molecule has 3 nitrogen and oxygen atoms in total. The van der Waals surface area contributed by atoms with Crippen molar-refractivity contribution >= 4 is 22.6 Å². The van der Waals surface area contributed by atoms with Gasteiger partial charge in [0.1, 0.15) is 10.8 Å². The lowest BCUT2D eigenvalue weighted by Gasteiger charge is -2.02. The van der Waals surface area contributed by atoms with E-state index < -0.39 is 5.82 Å². The lowest BCUT2D eigenvalue weighted by Crippen LogP contribution is -2.00. The summed E-state index contributed by atoms with van der Waals surface area (Å²) in [5.74, 6) is -0.473. The summed E-state index contributed by atoms with van der Waals surface area (Å²) in [6.07, 6.45) is 1.53. The number of halogens is 2. The van der Waals surface area contributed by atoms with Gasteiger partial charge in [0, 0.05) is 6.54 Å². The third kappa shape index (κ3) is 1.36. The second-order valence-electron chi connectivity index (χ2n) is 2.89. The van der Waals surface area contributed by atoms with Crippen LogP contribution in [-0.4, -0.2) is 21.3 Å². The quantitative estimate of drug-likeness (QED) is 0.828. The molecule has 0 atom stereocenters. The highest BCUT2D eigenvalue weighted by molar-refractivity contribution is 6.35. The standard InChI is InChI=1S/C9H8ClFN2O/c10-8-6(11)1-2-7-9(8)13(3-4-14)5-12-7/h1-2,5,14H,3-4H2. The highest BCUT2D eigenvalue weighted by Crippen LogP contribution is 2.25. The van der Waals surface area contributed by atoms with Gasteiger partial charge in [0.2, 0.25) is 0 Å². The normalized spacial score (nSPS) is 11.1. The Bertz CT molecular complexity index is 469. The number of hydrogen-bond donors (Lipinski definition) is 1. The molecule has 0 radical (unpaired) electrons. The fourth-order valence-corrected chi connectivity index (χ4v) is 1.64. The van der Waals surface area contributed by atoms with E-state index in [-0.39, 0.29) is 11.6 Å². The van der Waals surface area contributed by atoms with Crippen LogP contribution >= 0.6 is 11.6 Å². The number of hydrogen-bond acceptors (Lipinski definition) is 2. The molecular weight excluding hydrogens is 207 g/mol. The molecule has 1 heterocycles. The third-order valence-corrected chi connectivity index (χ3v) is 2.37. The minimum atomic E-state index is -0.473. The molecule has 0 spiro atoms. The zero-order chi connectivity index (χ0) is 10.1. The predicted octanol–water partition coefficient (Wildman–Crippen LogP) is 1.82. The molecule has 1 N–H and O–H groups in total. The minimum absolute atomic E-state index is 0.0295. The van der Waals surface area contributed by atoms with Crippen molar-refractivity contribution < 1.29 is 9.50 Å². The van der Waals surface area contributed by atoms with E-state index in [9.17, 15) is 4.39 Å². The van der Waals surface area contributed by atoms with Crippen LogP contribution < -0.4 is 0 Å². The molecule has 5 heteroatoms. The van der Waals surface area contributed by atoms with Gasteiger partial charge >= 0.3 is 0 Å². The van der Waals surface area contributed by atoms with Crippen LogP contribution in [0.1, 0.15) is 0 Å². The van der Waals surface area contributed by atoms with Gasteiger partial charge in [0.05, 0.1) is 24.0 Å². The molecule has 0 bridgehead atoms. The zero-order valence-electron chi connectivity index (χ0n) is 7.24. The summed E-state index contributed by atoms with van der Waals surface area (Å²) in [6.45, 7) is 0.331. The molecule has 1 aromatic carbocycles. The van der Waals surface area contributed by atoms with Gasteiger partial charge in [-0.2, -0.15) is 0 Å². The molecule has 2 aromatic rings. The van der Waals surface area contributed by atoms with Gasteiger partial charge in [-0.05, 0) is 12.1 Å². The molecule has 74 valence electrons. The highest BCUT2D eigenvalue weighted by atomic mass is 35.5. The van der Waals surface area contributed by atoms with Gasteiger partial charge in [0.15, 0.2) is 0 Å². The number of benzene rings is 1. The summed E-state index contributed by atoms with van der Waals surface area (Å²) in [4.78, 5) is 4.04. The molecule has 1 aromatic heterocycles. The summed E-state index contributed by atoms with van der Waals surface area (Å²) in [6, 6.07) is 2.84. The summed E-state index contributed by atoms with van der Waals surface area (Å²) in [5.41, 5.74) is 1.16. The van der Waals surface area contributed by atoms with Crippen LogP contribution in [-0.2, 0) is 6.54 Å². The lowest BCUT2D eigenvalue weighted by molar-refractivity contribution is 0.278. The largest absolute Gasteiger partial charge is 0.395 e. The van der Waals surface area contributed by atoms with Crippen molar-refractivity contribution in [2.45, 2.75) is 6.54 Å². The van der Waals surface area contributed by atoms with Gasteiger partial charge in [-0.1, -0.05) is 11.6 Å². The highest BCUT2D eigenvalue weighted by Gasteiger charge is 2.10. The average molecular weight is 215 g/mol. The van der Waals surface area contributed by atoms with E-state index in [1.54, 1.807) is 10.6 Å². The second-order valence-corrected chi connectivity index (χ2v) is 3.27. The van der Waals surface area contributed by atoms with Crippen molar-refractivity contribution in [2.75, 3.05) is 6.61 Å². The van der Waals surface area contributed by atoms with Crippen LogP contribution in [0, 0.1) is 5.82 Å². The zero-order valence-corrected chi connectivity index (χ0v) is 8.00. The fourth-order valence-electron chi connectivity index (χ4n) is 1.37. The van der Waals surface area contributed by atoms with Crippen LogP contribution in [0.5, 0.6) is 0 Å². The number of fused-ring (bicyclic) bond motifs is 1. The minimum Gasteiger partial charge on any atom is -0.395 e. The van der Waals surface area contributed by atoms with Crippen LogP contribution in [0.2, 0.25) is 5.02 Å². The van der Waals surface area contributed by atoms with Crippen molar-refractivity contribution in [3.8, 4) is 0 Å². The molecule has 0 aliphatic heterocycles. The molecule has 0 fully saturated rings. The van der Waals surface area contributed by atoms with Crippen LogP contribution in [0.3, 0.4) is 0 Å². The van der Waals surface area contributed by atoms with Crippen molar-refractivity contribution in [3.63, 3.8) is 0 Å². The molecule has 0 unspecified atom stereocenters. The topological polar surface area (TPSA) is 38.0 Å². The number of imidazole rings is 1. The van der Waals surface area contributed by atoms with E-state index in [0.29, 0.717) is 17.6 Å². The first kappa shape index (κ1) is 9.43. The maximum absolute atomic E-state index is 13.1. The molecular formula is C9H8ClFN2O. The Hall–Kier alpha value is -1.13. The van der Waals surface area contributed by atoms with Gasteiger partial charge in [0.25, 0.3) is 0 Å². The molecule has 0 aliphatic carbocycles. The van der Waals surface area contributed by atoms with E-state index in [2.05, 4.69) is 4.98 Å². The van der Waals surface area contributed by atoms with Crippen molar-refractivity contribution in [1.82, 2.24) is 9.55 Å². The Kier molecular flexibility index (Phi) is 2.39. The first-order chi connectivity index (χ1) is 6.74. The number of nitrogens with zero attached hydrogens (tertiary/aromatic N) is 2. The average Bonchev–Trinajstić information content (AvgIpc) is 2.57. The number of aliphatic hydroxyl groups is 1. The Morgan fingerprint density at radius 2 is 2.29 bits per heavy atom. The van der Waals surface area contributed by atoms with Gasteiger partial charge in [-0.3, -0.25) is 0 Å². The lowest BCUT2D eigenvalue weighted by atomic mass is 10.3. The number of aromatic nitrogens is 2. The van der Waals surface area contributed by atoms with Gasteiger partial charge < -0.3 is 9.67 Å². The Morgan fingerprint density at radius 3 is 3.00 bits per heavy atom. The number of rotatable bonds is 2. The summed E-state index contributed by atoms with van der Waals surface area (Å²) in [5, 5.41) is 8.82. The maximum atomic E-state index is 13.1. The number of aliphatic hydroxyl groups excluding tert-OH is 1. The van der Waals surface area contributed by atoms with E-state index >= 15 is 0 Å².